The highest BCUT2D eigenvalue weighted by Gasteiger charge is 2.28. The maximum absolute atomic E-state index is 12.0. The van der Waals surface area contributed by atoms with Crippen molar-refractivity contribution in [1.29, 1.82) is 5.26 Å². The molecule has 0 unspecified atom stereocenters. The summed E-state index contributed by atoms with van der Waals surface area (Å²) in [5.74, 6) is -0.0787. The van der Waals surface area contributed by atoms with Crippen LogP contribution in [0.1, 0.15) is 29.3 Å². The molecule has 0 aliphatic rings. The van der Waals surface area contributed by atoms with Crippen molar-refractivity contribution in [2.24, 2.45) is 0 Å². The maximum atomic E-state index is 12.0. The van der Waals surface area contributed by atoms with Crippen LogP contribution >= 0.6 is 21.8 Å². The second-order valence-corrected chi connectivity index (χ2v) is 6.07. The molecule has 0 aromatic heterocycles. The van der Waals surface area contributed by atoms with E-state index in [0.717, 1.165) is 29.2 Å². The number of nitrogens with zero attached hydrogens (tertiary/aromatic N) is 3. The highest BCUT2D eigenvalue weighted by atomic mass is 33.1. The topological polar surface area (TPSA) is 139 Å². The van der Waals surface area contributed by atoms with Crippen LogP contribution in [0.4, 0.5) is 11.4 Å². The average Bonchev–Trinajstić information content (AvgIpc) is 2.49. The molecule has 1 aromatic carbocycles. The number of hydrogen-bond acceptors (Lipinski definition) is 8. The quantitative estimate of drug-likeness (QED) is 0.262. The molecule has 1 N–H and O–H groups in total. The van der Waals surface area contributed by atoms with Crippen LogP contribution in [0.15, 0.2) is 12.1 Å². The molecule has 1 aromatic rings. The smallest absolute Gasteiger partial charge is 0.287 e. The van der Waals surface area contributed by atoms with Crippen LogP contribution in [-0.2, 0) is 0 Å². The van der Waals surface area contributed by atoms with E-state index in [-0.39, 0.29) is 0 Å². The van der Waals surface area contributed by atoms with Crippen molar-refractivity contribution >= 4 is 39.1 Å². The Labute approximate surface area is 132 Å². The lowest BCUT2D eigenvalue weighted by Gasteiger charge is -2.06. The molecule has 11 heteroatoms. The van der Waals surface area contributed by atoms with Gasteiger partial charge in [0, 0.05) is 22.8 Å². The van der Waals surface area contributed by atoms with Crippen molar-refractivity contribution in [2.75, 3.05) is 5.75 Å². The summed E-state index contributed by atoms with van der Waals surface area (Å²) in [6, 6.07) is 3.09. The van der Waals surface area contributed by atoms with E-state index in [1.54, 1.807) is 6.07 Å². The molecule has 9 nitrogen and oxygen atoms in total. The third-order valence-electron chi connectivity index (χ3n) is 2.34. The number of nitriles is 1. The number of carbonyl (C=O) groups is 1. The monoisotopic (exact) mass is 342 g/mol. The lowest BCUT2D eigenvalue weighted by atomic mass is 10.0. The minimum Gasteiger partial charge on any atom is -0.287 e. The number of nitro groups is 2. The molecule has 0 heterocycles. The molecule has 116 valence electrons. The Hall–Kier alpha value is -2.32. The number of non-ortho nitro benzene ring substituents is 1. The number of hydrogen-bond donors (Lipinski definition) is 1. The van der Waals surface area contributed by atoms with Gasteiger partial charge >= 0.3 is 0 Å². The molecule has 0 saturated heterocycles. The predicted octanol–water partition coefficient (Wildman–Crippen LogP) is 2.81. The molecule has 0 spiro atoms. The molecule has 22 heavy (non-hydrogen) atoms. The Morgan fingerprint density at radius 1 is 1.36 bits per heavy atom. The molecule has 0 aliphatic heterocycles. The Morgan fingerprint density at radius 2 is 2.05 bits per heavy atom. The van der Waals surface area contributed by atoms with Crippen LogP contribution in [0.25, 0.3) is 0 Å². The summed E-state index contributed by atoms with van der Waals surface area (Å²) in [6.45, 7) is 1.95. The second-order valence-electron chi connectivity index (χ2n) is 3.85. The number of carbonyl (C=O) groups excluding carboxylic acids is 1. The minimum absolute atomic E-state index is 0.417. The zero-order valence-corrected chi connectivity index (χ0v) is 12.9. The summed E-state index contributed by atoms with van der Waals surface area (Å²) in [4.78, 5) is 32.0. The molecule has 0 saturated carbocycles. The Morgan fingerprint density at radius 3 is 2.55 bits per heavy atom. The van der Waals surface area contributed by atoms with Gasteiger partial charge in [-0.2, -0.15) is 5.26 Å². The van der Waals surface area contributed by atoms with Crippen LogP contribution < -0.4 is 4.72 Å². The molecule has 1 amide bonds. The van der Waals surface area contributed by atoms with Crippen LogP contribution in [0.3, 0.4) is 0 Å². The fraction of sp³-hybridized carbons (Fsp3) is 0.273. The molecule has 0 bridgehead atoms. The van der Waals surface area contributed by atoms with Crippen molar-refractivity contribution in [3.63, 3.8) is 0 Å². The summed E-state index contributed by atoms with van der Waals surface area (Å²) in [5.41, 5.74) is -2.29. The van der Waals surface area contributed by atoms with Gasteiger partial charge in [0.05, 0.1) is 21.5 Å². The highest BCUT2D eigenvalue weighted by Crippen LogP contribution is 2.29. The largest absolute Gasteiger partial charge is 0.290 e. The van der Waals surface area contributed by atoms with Gasteiger partial charge in [-0.15, -0.1) is 0 Å². The average molecular weight is 342 g/mol. The zero-order valence-electron chi connectivity index (χ0n) is 11.3. The maximum Gasteiger partial charge on any atom is 0.290 e. The summed E-state index contributed by atoms with van der Waals surface area (Å²) in [5, 5.41) is 30.8. The lowest BCUT2D eigenvalue weighted by Crippen LogP contribution is -2.18. The number of benzene rings is 1. The first-order chi connectivity index (χ1) is 10.4. The van der Waals surface area contributed by atoms with E-state index in [1.807, 2.05) is 6.92 Å². The molecular weight excluding hydrogens is 332 g/mol. The van der Waals surface area contributed by atoms with Gasteiger partial charge in [0.1, 0.15) is 11.6 Å². The standard InChI is InChI=1S/C11H10N4O5S2/c1-2-3-21-22-13-11(16)10-7(6-12)4-8(14(17)18)5-9(10)15(19)20/h4-5H,2-3H2,1H3,(H,13,16). The summed E-state index contributed by atoms with van der Waals surface area (Å²) < 4.78 is 2.37. The van der Waals surface area contributed by atoms with Gasteiger partial charge in [-0.1, -0.05) is 17.7 Å². The molecular formula is C11H10N4O5S2. The van der Waals surface area contributed by atoms with Crippen LogP contribution in [0, 0.1) is 31.6 Å². The summed E-state index contributed by atoms with van der Waals surface area (Å²) >= 11 is 0. The number of nitro benzene ring substituents is 2. The SMILES string of the molecule is CCCSSNC(=O)c1c(C#N)cc([N+](=O)[O-])cc1[N+](=O)[O-]. The number of rotatable bonds is 7. The van der Waals surface area contributed by atoms with Crippen LogP contribution in [0.5, 0.6) is 0 Å². The summed E-state index contributed by atoms with van der Waals surface area (Å²) in [6.07, 6.45) is 0.884. The van der Waals surface area contributed by atoms with Crippen molar-refractivity contribution in [2.45, 2.75) is 13.3 Å². The second kappa shape index (κ2) is 8.20. The van der Waals surface area contributed by atoms with E-state index >= 15 is 0 Å². The third kappa shape index (κ3) is 4.34. The van der Waals surface area contributed by atoms with Gasteiger partial charge in [-0.25, -0.2) is 0 Å². The van der Waals surface area contributed by atoms with Crippen LogP contribution in [0.2, 0.25) is 0 Å². The van der Waals surface area contributed by atoms with E-state index in [0.29, 0.717) is 6.07 Å². The molecule has 0 aliphatic carbocycles. The van der Waals surface area contributed by atoms with E-state index < -0.39 is 38.3 Å². The van der Waals surface area contributed by atoms with Gasteiger partial charge < -0.3 is 0 Å². The number of amides is 1. The third-order valence-corrected chi connectivity index (χ3v) is 4.40. The van der Waals surface area contributed by atoms with Crippen molar-refractivity contribution < 1.29 is 14.6 Å². The molecule has 0 fully saturated rings. The fourth-order valence-electron chi connectivity index (χ4n) is 1.43. The predicted molar refractivity (Wildman–Crippen MR) is 82.3 cm³/mol. The number of nitrogens with one attached hydrogen (secondary N) is 1. The molecule has 0 atom stereocenters. The van der Waals surface area contributed by atoms with Gasteiger partial charge in [-0.3, -0.25) is 29.7 Å². The van der Waals surface area contributed by atoms with E-state index in [4.69, 9.17) is 5.26 Å². The Balaban J connectivity index is 3.21. The zero-order chi connectivity index (χ0) is 16.7. The Kier molecular flexibility index (Phi) is 6.61. The summed E-state index contributed by atoms with van der Waals surface area (Å²) in [7, 11) is 2.32. The fourth-order valence-corrected chi connectivity index (χ4v) is 3.07. The Bertz CT molecular complexity index is 659. The molecule has 1 rings (SSSR count). The van der Waals surface area contributed by atoms with Gasteiger partial charge in [0.2, 0.25) is 0 Å². The first kappa shape index (κ1) is 17.7. The van der Waals surface area contributed by atoms with Crippen molar-refractivity contribution in [3.05, 3.63) is 43.5 Å². The van der Waals surface area contributed by atoms with E-state index in [9.17, 15) is 25.0 Å². The van der Waals surface area contributed by atoms with Gasteiger partial charge in [0.25, 0.3) is 17.3 Å². The lowest BCUT2D eigenvalue weighted by molar-refractivity contribution is -0.394. The highest BCUT2D eigenvalue weighted by molar-refractivity contribution is 8.76. The van der Waals surface area contributed by atoms with Crippen LogP contribution in [-0.4, -0.2) is 21.5 Å². The van der Waals surface area contributed by atoms with Gasteiger partial charge in [-0.05, 0) is 6.42 Å². The first-order valence-corrected chi connectivity index (χ1v) is 8.20. The normalized spacial score (nSPS) is 9.82. The van der Waals surface area contributed by atoms with E-state index in [1.165, 1.54) is 10.8 Å². The molecule has 0 radical (unpaired) electrons. The van der Waals surface area contributed by atoms with E-state index in [2.05, 4.69) is 4.72 Å². The first-order valence-electron chi connectivity index (χ1n) is 5.88. The van der Waals surface area contributed by atoms with Crippen molar-refractivity contribution in [3.8, 4) is 6.07 Å². The van der Waals surface area contributed by atoms with Gasteiger partial charge in [0.15, 0.2) is 0 Å². The van der Waals surface area contributed by atoms with Crippen molar-refractivity contribution in [1.82, 2.24) is 4.72 Å². The minimum atomic E-state index is -0.924.